The van der Waals surface area contributed by atoms with Gasteiger partial charge in [-0.05, 0) is 158 Å². The maximum atomic E-state index is 11.4. The number of ether oxygens (including phenoxy) is 15. The molecule has 0 aliphatic carbocycles. The lowest BCUT2D eigenvalue weighted by molar-refractivity contribution is -0.296. The number of methoxy groups -OCH3 is 1. The van der Waals surface area contributed by atoms with E-state index in [2.05, 4.69) is 30.5 Å². The number of phenols is 5. The number of benzene rings is 7. The van der Waals surface area contributed by atoms with Gasteiger partial charge in [-0.3, -0.25) is 0 Å². The van der Waals surface area contributed by atoms with Crippen LogP contribution in [0.3, 0.4) is 0 Å². The van der Waals surface area contributed by atoms with Gasteiger partial charge in [-0.15, -0.1) is 13.2 Å². The van der Waals surface area contributed by atoms with Gasteiger partial charge in [0.25, 0.3) is 0 Å². The van der Waals surface area contributed by atoms with Gasteiger partial charge in [0.15, 0.2) is 35.2 Å². The smallest absolute Gasteiger partial charge is 0.330 e. The predicted molar refractivity (Wildman–Crippen MR) is 498 cm³/mol. The monoisotopic (exact) mass is 1850 g/mol. The van der Waals surface area contributed by atoms with Gasteiger partial charge in [0.2, 0.25) is 0 Å². The summed E-state index contributed by atoms with van der Waals surface area (Å²) in [5.74, 6) is -4.02. The summed E-state index contributed by atoms with van der Waals surface area (Å²) in [5.41, 5.74) is 5.39. The zero-order valence-electron chi connectivity index (χ0n) is 77.6. The SMILES string of the molecule is C=CC(=O)OCC.C=CC[C@@H]1COC(C)(C)OC1c1ccccc1O.C=CC[C@@H]1COC(C)(C)OC1c1ccccc1OC.CC1(C)OC[C@@H](C/C=C/C(=O)O)C(c2ccccc2O)O1.CC1(C)OC[C@@H](CC=O)C(c2ccccc2O)O1.CCOC(=O)/C=C/C[C@@H]1COC(C)(C)OC1c1ccccc1O.O=C(O)/C=C/C[C@@H]1CO[C@H](c2ccccc2Cl)OC1c1ccccc1O. The van der Waals surface area contributed by atoms with Crippen LogP contribution >= 0.6 is 11.6 Å². The fraction of sp³-hybridized carbons (Fsp3) is 0.433. The summed E-state index contributed by atoms with van der Waals surface area (Å²) in [6.45, 7) is 36.8. The summed E-state index contributed by atoms with van der Waals surface area (Å²) in [7, 11) is 1.69. The first kappa shape index (κ1) is 108. The van der Waals surface area contributed by atoms with E-state index in [1.54, 1.807) is 106 Å². The number of esters is 2. The Balaban J connectivity index is 0.000000214. The van der Waals surface area contributed by atoms with E-state index in [0.29, 0.717) is 106 Å². The molecule has 0 radical (unpaired) electrons. The summed E-state index contributed by atoms with van der Waals surface area (Å²) in [4.78, 5) is 53.5. The lowest BCUT2D eigenvalue weighted by atomic mass is 9.91. The first-order valence-corrected chi connectivity index (χ1v) is 44.4. The molecule has 6 unspecified atom stereocenters. The van der Waals surface area contributed by atoms with Crippen LogP contribution in [-0.2, 0) is 90.3 Å². The molecular formula is C104H131ClO27. The Hall–Kier alpha value is -10.9. The third-order valence-electron chi connectivity index (χ3n) is 21.6. The molecule has 27 nitrogen and oxygen atoms in total. The number of carbonyl (C=O) groups excluding carboxylic acids is 3. The van der Waals surface area contributed by atoms with Crippen LogP contribution in [0.2, 0.25) is 5.02 Å². The van der Waals surface area contributed by atoms with Crippen molar-refractivity contribution in [2.24, 2.45) is 35.5 Å². The quantitative estimate of drug-likeness (QED) is 0.0115. The second kappa shape index (κ2) is 53.1. The number of carboxylic acid groups (broad SMARTS) is 2. The zero-order valence-corrected chi connectivity index (χ0v) is 78.4. The molecule has 6 aliphatic rings. The molecule has 6 aliphatic heterocycles. The number of carbonyl (C=O) groups is 5. The van der Waals surface area contributed by atoms with Crippen LogP contribution in [0.5, 0.6) is 34.5 Å². The lowest BCUT2D eigenvalue weighted by Gasteiger charge is -2.41. The fourth-order valence-electron chi connectivity index (χ4n) is 15.1. The zero-order chi connectivity index (χ0) is 96.8. The van der Waals surface area contributed by atoms with Gasteiger partial charge in [0, 0.05) is 110 Å². The number of aldehydes is 1. The highest BCUT2D eigenvalue weighted by Crippen LogP contribution is 2.49. The van der Waals surface area contributed by atoms with Crippen LogP contribution in [-0.4, -0.2) is 155 Å². The molecule has 6 fully saturated rings. The molecule has 7 aromatic rings. The highest BCUT2D eigenvalue weighted by Gasteiger charge is 2.44. The molecule has 13 atom stereocenters. The third kappa shape index (κ3) is 34.6. The van der Waals surface area contributed by atoms with Crippen molar-refractivity contribution in [1.29, 1.82) is 0 Å². The molecule has 6 heterocycles. The van der Waals surface area contributed by atoms with Crippen LogP contribution in [0.1, 0.15) is 203 Å². The van der Waals surface area contributed by atoms with E-state index in [-0.39, 0.29) is 107 Å². The van der Waals surface area contributed by atoms with Gasteiger partial charge < -0.3 is 112 Å². The van der Waals surface area contributed by atoms with Gasteiger partial charge in [0.1, 0.15) is 40.8 Å². The van der Waals surface area contributed by atoms with Crippen LogP contribution in [0.4, 0.5) is 0 Å². The first-order chi connectivity index (χ1) is 62.8. The average molecular weight is 1850 g/mol. The van der Waals surface area contributed by atoms with Crippen molar-refractivity contribution in [2.45, 2.75) is 193 Å². The number of allylic oxidation sites excluding steroid dienone is 5. The van der Waals surface area contributed by atoms with Gasteiger partial charge in [-0.1, -0.05) is 176 Å². The van der Waals surface area contributed by atoms with E-state index < -0.39 is 53.3 Å². The third-order valence-corrected chi connectivity index (χ3v) is 21.9. The Morgan fingerprint density at radius 3 is 0.962 bits per heavy atom. The molecular weight excluding hydrogens is 1720 g/mol. The summed E-state index contributed by atoms with van der Waals surface area (Å²) in [6, 6.07) is 50.7. The average Bonchev–Trinajstić information content (AvgIpc) is 0.829. The number of halogens is 1. The number of hydrogen-bond donors (Lipinski definition) is 7. The Kier molecular flexibility index (Phi) is 43.5. The minimum Gasteiger partial charge on any atom is -0.508 e. The molecule has 716 valence electrons. The first-order valence-electron chi connectivity index (χ1n) is 44.0. The van der Waals surface area contributed by atoms with Gasteiger partial charge >= 0.3 is 23.9 Å². The molecule has 13 rings (SSSR count). The molecule has 0 aromatic heterocycles. The molecule has 7 aromatic carbocycles. The van der Waals surface area contributed by atoms with Crippen molar-refractivity contribution >= 4 is 41.8 Å². The molecule has 132 heavy (non-hydrogen) atoms. The van der Waals surface area contributed by atoms with Crippen molar-refractivity contribution < 1.29 is 131 Å². The van der Waals surface area contributed by atoms with Crippen LogP contribution in [0.15, 0.2) is 244 Å². The number of aliphatic carboxylic acids is 2. The highest BCUT2D eigenvalue weighted by atomic mass is 35.5. The van der Waals surface area contributed by atoms with Crippen LogP contribution < -0.4 is 4.74 Å². The van der Waals surface area contributed by atoms with E-state index >= 15 is 0 Å². The Morgan fingerprint density at radius 2 is 0.659 bits per heavy atom. The van der Waals surface area contributed by atoms with E-state index in [1.165, 1.54) is 6.08 Å². The minimum absolute atomic E-state index is 0.00185. The number of para-hydroxylation sites is 6. The fourth-order valence-corrected chi connectivity index (χ4v) is 15.4. The molecule has 0 spiro atoms. The van der Waals surface area contributed by atoms with Gasteiger partial charge in [-0.25, -0.2) is 19.2 Å². The van der Waals surface area contributed by atoms with Gasteiger partial charge in [0.05, 0.1) is 96.6 Å². The molecule has 0 amide bonds. The summed E-state index contributed by atoms with van der Waals surface area (Å²) in [5, 5.41) is 68.3. The van der Waals surface area contributed by atoms with E-state index in [9.17, 15) is 49.5 Å². The number of rotatable bonds is 26. The molecule has 0 bridgehead atoms. The Morgan fingerprint density at radius 1 is 0.379 bits per heavy atom. The van der Waals surface area contributed by atoms with Crippen molar-refractivity contribution in [2.75, 3.05) is 60.0 Å². The number of carboxylic acids is 2. The predicted octanol–water partition coefficient (Wildman–Crippen LogP) is 21.0. The maximum absolute atomic E-state index is 11.4. The summed E-state index contributed by atoms with van der Waals surface area (Å²) >= 11 is 6.25. The summed E-state index contributed by atoms with van der Waals surface area (Å²) < 4.78 is 85.0. The van der Waals surface area contributed by atoms with Crippen LogP contribution in [0, 0.1) is 35.5 Å². The normalized spacial score (nSPS) is 24.1. The van der Waals surface area contributed by atoms with Crippen molar-refractivity contribution in [3.8, 4) is 34.5 Å². The summed E-state index contributed by atoms with van der Waals surface area (Å²) in [6.07, 6.45) is 15.6. The lowest BCUT2D eigenvalue weighted by Crippen LogP contribution is -2.41. The number of aromatic hydroxyl groups is 5. The van der Waals surface area contributed by atoms with E-state index in [1.807, 2.05) is 178 Å². The molecule has 7 N–H and O–H groups in total. The topological polar surface area (TPSA) is 365 Å². The van der Waals surface area contributed by atoms with E-state index in [0.717, 1.165) is 59.8 Å². The molecule has 6 saturated heterocycles. The van der Waals surface area contributed by atoms with Crippen LogP contribution in [0.25, 0.3) is 0 Å². The molecule has 0 saturated carbocycles. The number of hydrogen-bond acceptors (Lipinski definition) is 25. The standard InChI is InChI=1S/C20H19ClO5.C18H24O5.C16H20O5.C16H22O3.C15H20O3.C14H18O4.C5H8O2/c21-16-9-3-1-7-14(16)20-25-12-13(6-5-11-18(23)24)19(26-20)15-8-2-4-10-17(15)22;1-4-21-16(20)11-7-8-13-12-22-18(2,3)23-17(13)14-9-5-6-10-15(14)19;1-16(2)20-10-11(6-5-9-14(18)19)15(21-16)12-7-3-4-8-13(12)17;1-5-8-12-11-18-16(2,3)19-15(12)13-9-6-7-10-14(13)17-4;1-4-7-11-10-17-15(2,3)18-14(11)12-8-5-6-9-13(12)16;1-14(2)17-9-10(7-8-15)13(18-14)11-5-3-4-6-12(11)16;1-3-5(6)7-4-2/h1-5,7-11,13,19-20,22H,6,12H2,(H,23,24);5-7,9-11,13,17,19H,4,8,12H2,1-3H3;3-5,7-9,11,15,17H,6,10H2,1-2H3,(H,18,19);5-7,9-10,12,15H,1,8,11H2,2-4H3;4-6,8-9,11,14,16H,1,7,10H2,2-3H3;3-6,8,10,13,16H,7,9H2,1-2H3;3H,1,4H2,2H3/b11-5+;11-7+;9-5+;;;;/t13-,19?,20+;13-,17?;11-,15?;12-,15?;11-,14?;10-,13?;/m111111./s1. The Labute approximate surface area is 780 Å². The second-order valence-corrected chi connectivity index (χ2v) is 34.2. The van der Waals surface area contributed by atoms with Gasteiger partial charge in [-0.2, -0.15) is 0 Å². The van der Waals surface area contributed by atoms with E-state index in [4.69, 9.17) is 88.1 Å². The van der Waals surface area contributed by atoms with Crippen molar-refractivity contribution in [1.82, 2.24) is 0 Å². The highest BCUT2D eigenvalue weighted by molar-refractivity contribution is 6.31. The number of phenolic OH excluding ortho intramolecular Hbond substituents is 5. The minimum atomic E-state index is -1.00. The van der Waals surface area contributed by atoms with Crippen molar-refractivity contribution in [3.63, 3.8) is 0 Å². The second-order valence-electron chi connectivity index (χ2n) is 33.8. The Bertz CT molecular complexity index is 4820. The van der Waals surface area contributed by atoms with Crippen molar-refractivity contribution in [3.05, 3.63) is 288 Å². The largest absolute Gasteiger partial charge is 0.508 e. The maximum Gasteiger partial charge on any atom is 0.330 e. The molecule has 28 heteroatoms.